The average Bonchev–Trinajstić information content (AvgIpc) is 2.78. The second-order valence-electron chi connectivity index (χ2n) is 7.07. The van der Waals surface area contributed by atoms with Crippen LogP contribution in [-0.4, -0.2) is 30.4 Å². The van der Waals surface area contributed by atoms with Crippen LogP contribution in [0.4, 0.5) is 17.1 Å². The second-order valence-corrected chi connectivity index (χ2v) is 7.07. The van der Waals surface area contributed by atoms with Crippen molar-refractivity contribution >= 4 is 34.8 Å². The van der Waals surface area contributed by atoms with Crippen molar-refractivity contribution in [2.24, 2.45) is 0 Å². The number of para-hydroxylation sites is 4. The van der Waals surface area contributed by atoms with E-state index in [0.29, 0.717) is 28.4 Å². The molecule has 3 amide bonds. The van der Waals surface area contributed by atoms with Gasteiger partial charge in [0.25, 0.3) is 11.8 Å². The van der Waals surface area contributed by atoms with Crippen LogP contribution in [0.5, 0.6) is 5.75 Å². The SMILES string of the molecule is CC1Oc2ccccc2N(CC(=O)Nc2ccccc2NC(=O)c2ccccc2)C1=O. The van der Waals surface area contributed by atoms with Crippen molar-refractivity contribution in [1.82, 2.24) is 0 Å². The fraction of sp³-hybridized carbons (Fsp3) is 0.125. The van der Waals surface area contributed by atoms with Crippen LogP contribution >= 0.6 is 0 Å². The zero-order chi connectivity index (χ0) is 21.8. The summed E-state index contributed by atoms with van der Waals surface area (Å²) in [5, 5.41) is 5.61. The number of nitrogens with one attached hydrogen (secondary N) is 2. The summed E-state index contributed by atoms with van der Waals surface area (Å²) in [5.41, 5.74) is 1.96. The molecule has 156 valence electrons. The number of fused-ring (bicyclic) bond motifs is 1. The van der Waals surface area contributed by atoms with Crippen LogP contribution < -0.4 is 20.3 Å². The molecule has 0 spiro atoms. The molecule has 1 unspecified atom stereocenters. The fourth-order valence-electron chi connectivity index (χ4n) is 3.34. The Labute approximate surface area is 179 Å². The van der Waals surface area contributed by atoms with Crippen LogP contribution in [0.15, 0.2) is 78.9 Å². The number of nitrogens with zero attached hydrogens (tertiary/aromatic N) is 1. The molecular formula is C24H21N3O4. The van der Waals surface area contributed by atoms with Gasteiger partial charge in [-0.05, 0) is 43.3 Å². The highest BCUT2D eigenvalue weighted by atomic mass is 16.5. The van der Waals surface area contributed by atoms with E-state index in [1.54, 1.807) is 73.7 Å². The van der Waals surface area contributed by atoms with Gasteiger partial charge in [-0.2, -0.15) is 0 Å². The third kappa shape index (κ3) is 4.40. The lowest BCUT2D eigenvalue weighted by atomic mass is 10.2. The van der Waals surface area contributed by atoms with Crippen molar-refractivity contribution in [2.75, 3.05) is 22.1 Å². The molecule has 7 heteroatoms. The van der Waals surface area contributed by atoms with Crippen LogP contribution in [0.3, 0.4) is 0 Å². The molecule has 3 aromatic rings. The predicted octanol–water partition coefficient (Wildman–Crippen LogP) is 3.69. The number of carbonyl (C=O) groups is 3. The van der Waals surface area contributed by atoms with E-state index in [-0.39, 0.29) is 18.4 Å². The molecule has 3 aromatic carbocycles. The first kappa shape index (κ1) is 20.2. The first-order chi connectivity index (χ1) is 15.0. The minimum Gasteiger partial charge on any atom is -0.479 e. The number of amides is 3. The van der Waals surface area contributed by atoms with Crippen molar-refractivity contribution in [3.05, 3.63) is 84.4 Å². The lowest BCUT2D eigenvalue weighted by Gasteiger charge is -2.32. The molecule has 0 bridgehead atoms. The Morgan fingerprint density at radius 3 is 2.23 bits per heavy atom. The van der Waals surface area contributed by atoms with Gasteiger partial charge < -0.3 is 15.4 Å². The highest BCUT2D eigenvalue weighted by molar-refractivity contribution is 6.09. The number of ether oxygens (including phenoxy) is 1. The van der Waals surface area contributed by atoms with Crippen molar-refractivity contribution in [2.45, 2.75) is 13.0 Å². The van der Waals surface area contributed by atoms with Gasteiger partial charge >= 0.3 is 0 Å². The van der Waals surface area contributed by atoms with Gasteiger partial charge in [-0.1, -0.05) is 42.5 Å². The number of rotatable bonds is 5. The zero-order valence-corrected chi connectivity index (χ0v) is 16.9. The Balaban J connectivity index is 1.50. The smallest absolute Gasteiger partial charge is 0.268 e. The van der Waals surface area contributed by atoms with E-state index in [1.165, 1.54) is 4.90 Å². The quantitative estimate of drug-likeness (QED) is 0.665. The third-order valence-corrected chi connectivity index (χ3v) is 4.86. The van der Waals surface area contributed by atoms with Crippen LogP contribution in [0.1, 0.15) is 17.3 Å². The van der Waals surface area contributed by atoms with Crippen molar-refractivity contribution in [3.8, 4) is 5.75 Å². The van der Waals surface area contributed by atoms with Crippen molar-refractivity contribution < 1.29 is 19.1 Å². The summed E-state index contributed by atoms with van der Waals surface area (Å²) in [6, 6.07) is 22.8. The molecule has 0 aliphatic carbocycles. The topological polar surface area (TPSA) is 87.7 Å². The summed E-state index contributed by atoms with van der Waals surface area (Å²) in [7, 11) is 0. The van der Waals surface area contributed by atoms with E-state index in [4.69, 9.17) is 4.74 Å². The number of hydrogen-bond acceptors (Lipinski definition) is 4. The lowest BCUT2D eigenvalue weighted by Crippen LogP contribution is -2.47. The van der Waals surface area contributed by atoms with E-state index >= 15 is 0 Å². The number of carbonyl (C=O) groups excluding carboxylic acids is 3. The molecule has 4 rings (SSSR count). The molecule has 1 atom stereocenters. The molecule has 1 aliphatic rings. The Morgan fingerprint density at radius 1 is 0.871 bits per heavy atom. The molecule has 0 saturated heterocycles. The number of hydrogen-bond donors (Lipinski definition) is 2. The van der Waals surface area contributed by atoms with Crippen molar-refractivity contribution in [3.63, 3.8) is 0 Å². The lowest BCUT2D eigenvalue weighted by molar-refractivity contribution is -0.127. The Morgan fingerprint density at radius 2 is 1.48 bits per heavy atom. The molecule has 0 fully saturated rings. The Kier molecular flexibility index (Phi) is 5.66. The largest absolute Gasteiger partial charge is 0.479 e. The summed E-state index contributed by atoms with van der Waals surface area (Å²) in [5.74, 6) is -0.412. The maximum Gasteiger partial charge on any atom is 0.268 e. The summed E-state index contributed by atoms with van der Waals surface area (Å²) in [6.07, 6.45) is -0.680. The summed E-state index contributed by atoms with van der Waals surface area (Å²) in [6.45, 7) is 1.47. The molecule has 0 aromatic heterocycles. The average molecular weight is 415 g/mol. The second kappa shape index (κ2) is 8.71. The van der Waals surface area contributed by atoms with E-state index in [0.717, 1.165) is 0 Å². The molecule has 31 heavy (non-hydrogen) atoms. The van der Waals surface area contributed by atoms with Gasteiger partial charge in [0.2, 0.25) is 5.91 Å². The third-order valence-electron chi connectivity index (χ3n) is 4.86. The van der Waals surface area contributed by atoms with E-state index in [2.05, 4.69) is 10.6 Å². The van der Waals surface area contributed by atoms with E-state index < -0.39 is 12.0 Å². The first-order valence-electron chi connectivity index (χ1n) is 9.85. The van der Waals surface area contributed by atoms with Gasteiger partial charge in [0, 0.05) is 5.56 Å². The first-order valence-corrected chi connectivity index (χ1v) is 9.85. The van der Waals surface area contributed by atoms with E-state index in [1.807, 2.05) is 12.1 Å². The summed E-state index contributed by atoms with van der Waals surface area (Å²) in [4.78, 5) is 39.3. The maximum absolute atomic E-state index is 12.8. The van der Waals surface area contributed by atoms with Crippen molar-refractivity contribution in [1.29, 1.82) is 0 Å². The van der Waals surface area contributed by atoms with Gasteiger partial charge in [-0.15, -0.1) is 0 Å². The molecule has 7 nitrogen and oxygen atoms in total. The molecular weight excluding hydrogens is 394 g/mol. The monoisotopic (exact) mass is 415 g/mol. The number of benzene rings is 3. The molecule has 1 aliphatic heterocycles. The van der Waals surface area contributed by atoms with Gasteiger partial charge in [-0.25, -0.2) is 0 Å². The van der Waals surface area contributed by atoms with Gasteiger partial charge in [0.1, 0.15) is 12.3 Å². The van der Waals surface area contributed by atoms with Crippen LogP contribution in [0, 0.1) is 0 Å². The van der Waals surface area contributed by atoms with Gasteiger partial charge in [0.05, 0.1) is 17.1 Å². The van der Waals surface area contributed by atoms with Crippen LogP contribution in [0.25, 0.3) is 0 Å². The van der Waals surface area contributed by atoms with E-state index in [9.17, 15) is 14.4 Å². The highest BCUT2D eigenvalue weighted by Crippen LogP contribution is 2.33. The van der Waals surface area contributed by atoms with Crippen LogP contribution in [-0.2, 0) is 9.59 Å². The predicted molar refractivity (Wildman–Crippen MR) is 118 cm³/mol. The standard InChI is InChI=1S/C24H21N3O4/c1-16-24(30)27(20-13-7-8-14-21(20)31-16)15-22(28)25-18-11-5-6-12-19(18)26-23(29)17-9-3-2-4-10-17/h2-14,16H,15H2,1H3,(H,25,28)(H,26,29). The highest BCUT2D eigenvalue weighted by Gasteiger charge is 2.32. The van der Waals surface area contributed by atoms with Gasteiger partial charge in [-0.3, -0.25) is 19.3 Å². The minimum absolute atomic E-state index is 0.176. The normalized spacial score (nSPS) is 14.9. The summed E-state index contributed by atoms with van der Waals surface area (Å²) < 4.78 is 5.61. The molecule has 0 saturated carbocycles. The Bertz CT molecular complexity index is 1130. The van der Waals surface area contributed by atoms with Gasteiger partial charge in [0.15, 0.2) is 6.10 Å². The van der Waals surface area contributed by atoms with Crippen LogP contribution in [0.2, 0.25) is 0 Å². The molecule has 0 radical (unpaired) electrons. The molecule has 2 N–H and O–H groups in total. The minimum atomic E-state index is -0.680. The zero-order valence-electron chi connectivity index (χ0n) is 16.9. The number of anilines is 3. The Hall–Kier alpha value is -4.13. The fourth-order valence-corrected chi connectivity index (χ4v) is 3.34. The maximum atomic E-state index is 12.8. The molecule has 1 heterocycles. The summed E-state index contributed by atoms with van der Waals surface area (Å²) >= 11 is 0.